The maximum atomic E-state index is 12.5. The minimum Gasteiger partial charge on any atom is -0.493 e. The molecule has 1 aromatic rings. The first-order valence-corrected chi connectivity index (χ1v) is 7.85. The van der Waals surface area contributed by atoms with Crippen LogP contribution in [0, 0.1) is 0 Å². The molecule has 24 heavy (non-hydrogen) atoms. The lowest BCUT2D eigenvalue weighted by molar-refractivity contribution is -0.146. The first-order valence-electron chi connectivity index (χ1n) is 7.85. The zero-order chi connectivity index (χ0) is 17.5. The number of hydrogen-bond acceptors (Lipinski definition) is 5. The molecule has 0 aliphatic carbocycles. The monoisotopic (exact) mass is 337 g/mol. The zero-order valence-corrected chi connectivity index (χ0v) is 14.0. The number of benzene rings is 1. The fourth-order valence-electron chi connectivity index (χ4n) is 2.78. The minimum atomic E-state index is -0.928. The van der Waals surface area contributed by atoms with Crippen LogP contribution in [0.5, 0.6) is 11.5 Å². The van der Waals surface area contributed by atoms with E-state index in [1.807, 2.05) is 12.1 Å². The normalized spacial score (nSPS) is 17.4. The van der Waals surface area contributed by atoms with Gasteiger partial charge in [0, 0.05) is 13.0 Å². The van der Waals surface area contributed by atoms with E-state index in [4.69, 9.17) is 19.3 Å². The summed E-state index contributed by atoms with van der Waals surface area (Å²) in [5.74, 6) is 0.280. The Labute approximate surface area is 141 Å². The lowest BCUT2D eigenvalue weighted by atomic mass is 10.1. The number of morpholine rings is 1. The first-order chi connectivity index (χ1) is 11.5. The van der Waals surface area contributed by atoms with Crippen LogP contribution in [0.4, 0.5) is 0 Å². The lowest BCUT2D eigenvalue weighted by Gasteiger charge is -2.35. The summed E-state index contributed by atoms with van der Waals surface area (Å²) in [6.07, 6.45) is 0.768. The van der Waals surface area contributed by atoms with Crippen molar-refractivity contribution < 1.29 is 28.9 Å². The molecule has 7 heteroatoms. The third-order valence-electron chi connectivity index (χ3n) is 4.03. The van der Waals surface area contributed by atoms with Crippen LogP contribution in [0.15, 0.2) is 18.2 Å². The average molecular weight is 337 g/mol. The largest absolute Gasteiger partial charge is 0.493 e. The Bertz CT molecular complexity index is 588. The molecule has 1 saturated heterocycles. The molecule has 7 nitrogen and oxygen atoms in total. The fraction of sp³-hybridized carbons (Fsp3) is 0.529. The first kappa shape index (κ1) is 18.1. The van der Waals surface area contributed by atoms with Crippen molar-refractivity contribution in [2.75, 3.05) is 34.0 Å². The Kier molecular flexibility index (Phi) is 6.43. The number of aryl methyl sites for hydroxylation is 1. The number of methoxy groups -OCH3 is 2. The molecule has 1 atom stereocenters. The van der Waals surface area contributed by atoms with Gasteiger partial charge in [0.2, 0.25) is 5.91 Å². The standard InChI is InChI=1S/C17H23NO6/c1-22-14-5-3-12(9-15(14)23-2)4-6-16(19)18-7-8-24-11-13(18)10-17(20)21/h3,5,9,13H,4,6-8,10-11H2,1-2H3,(H,20,21). The van der Waals surface area contributed by atoms with Crippen molar-refractivity contribution in [2.45, 2.75) is 25.3 Å². The van der Waals surface area contributed by atoms with Gasteiger partial charge in [-0.2, -0.15) is 0 Å². The maximum absolute atomic E-state index is 12.5. The zero-order valence-electron chi connectivity index (χ0n) is 14.0. The number of hydrogen-bond donors (Lipinski definition) is 1. The van der Waals surface area contributed by atoms with Crippen molar-refractivity contribution >= 4 is 11.9 Å². The molecular weight excluding hydrogens is 314 g/mol. The molecule has 132 valence electrons. The summed E-state index contributed by atoms with van der Waals surface area (Å²) in [6.45, 7) is 1.15. The molecule has 1 fully saturated rings. The fourth-order valence-corrected chi connectivity index (χ4v) is 2.78. The highest BCUT2D eigenvalue weighted by molar-refractivity contribution is 5.78. The molecule has 1 N–H and O–H groups in total. The van der Waals surface area contributed by atoms with E-state index in [1.165, 1.54) is 0 Å². The van der Waals surface area contributed by atoms with Gasteiger partial charge < -0.3 is 24.2 Å². The highest BCUT2D eigenvalue weighted by atomic mass is 16.5. The molecule has 0 spiro atoms. The molecule has 1 unspecified atom stereocenters. The van der Waals surface area contributed by atoms with Crippen molar-refractivity contribution in [1.29, 1.82) is 0 Å². The van der Waals surface area contributed by atoms with Gasteiger partial charge in [0.15, 0.2) is 11.5 Å². The third-order valence-corrected chi connectivity index (χ3v) is 4.03. The number of carbonyl (C=O) groups excluding carboxylic acids is 1. The molecule has 1 heterocycles. The van der Waals surface area contributed by atoms with E-state index in [9.17, 15) is 9.59 Å². The quantitative estimate of drug-likeness (QED) is 0.808. The summed E-state index contributed by atoms with van der Waals surface area (Å²) in [5.41, 5.74) is 0.962. The molecule has 0 bridgehead atoms. The number of amides is 1. The van der Waals surface area contributed by atoms with Gasteiger partial charge in [0.05, 0.1) is 39.9 Å². The highest BCUT2D eigenvalue weighted by Crippen LogP contribution is 2.28. The second kappa shape index (κ2) is 8.54. The van der Waals surface area contributed by atoms with Crippen molar-refractivity contribution in [3.05, 3.63) is 23.8 Å². The summed E-state index contributed by atoms with van der Waals surface area (Å²) in [5, 5.41) is 8.96. The van der Waals surface area contributed by atoms with Crippen molar-refractivity contribution in [1.82, 2.24) is 4.90 Å². The molecule has 0 saturated carbocycles. The van der Waals surface area contributed by atoms with Crippen LogP contribution < -0.4 is 9.47 Å². The topological polar surface area (TPSA) is 85.3 Å². The third kappa shape index (κ3) is 4.61. The van der Waals surface area contributed by atoms with Crippen molar-refractivity contribution in [3.63, 3.8) is 0 Å². The molecule has 2 rings (SSSR count). The van der Waals surface area contributed by atoms with Gasteiger partial charge in [-0.15, -0.1) is 0 Å². The van der Waals surface area contributed by atoms with E-state index < -0.39 is 12.0 Å². The molecular formula is C17H23NO6. The van der Waals surface area contributed by atoms with Crippen LogP contribution in [0.3, 0.4) is 0 Å². The Morgan fingerprint density at radius 2 is 2.04 bits per heavy atom. The minimum absolute atomic E-state index is 0.0562. The molecule has 1 aliphatic rings. The van der Waals surface area contributed by atoms with Gasteiger partial charge in [-0.3, -0.25) is 9.59 Å². The SMILES string of the molecule is COc1ccc(CCC(=O)N2CCOCC2CC(=O)O)cc1OC. The van der Waals surface area contributed by atoms with Crippen LogP contribution in [-0.4, -0.2) is 61.9 Å². The van der Waals surface area contributed by atoms with E-state index in [0.717, 1.165) is 5.56 Å². The predicted molar refractivity (Wildman–Crippen MR) is 86.4 cm³/mol. The van der Waals surface area contributed by atoms with Gasteiger partial charge in [-0.25, -0.2) is 0 Å². The number of carboxylic acids is 1. The second-order valence-corrected chi connectivity index (χ2v) is 5.60. The van der Waals surface area contributed by atoms with Gasteiger partial charge in [-0.05, 0) is 24.1 Å². The number of nitrogens with zero attached hydrogens (tertiary/aromatic N) is 1. The summed E-state index contributed by atoms with van der Waals surface area (Å²) < 4.78 is 15.7. The smallest absolute Gasteiger partial charge is 0.305 e. The van der Waals surface area contributed by atoms with Crippen molar-refractivity contribution in [2.24, 2.45) is 0 Å². The summed E-state index contributed by atoms with van der Waals surface area (Å²) in [4.78, 5) is 25.0. The number of aliphatic carboxylic acids is 1. The molecule has 1 amide bonds. The average Bonchev–Trinajstić information content (AvgIpc) is 2.59. The summed E-state index contributed by atoms with van der Waals surface area (Å²) in [6, 6.07) is 5.15. The highest BCUT2D eigenvalue weighted by Gasteiger charge is 2.28. The summed E-state index contributed by atoms with van der Waals surface area (Å²) >= 11 is 0. The molecule has 0 aromatic heterocycles. The Balaban J connectivity index is 1.97. The van der Waals surface area contributed by atoms with Crippen LogP contribution in [-0.2, 0) is 20.7 Å². The number of carbonyl (C=O) groups is 2. The van der Waals surface area contributed by atoms with Crippen molar-refractivity contribution in [3.8, 4) is 11.5 Å². The molecule has 0 radical (unpaired) electrons. The van der Waals surface area contributed by atoms with Crippen LogP contribution in [0.2, 0.25) is 0 Å². The Morgan fingerprint density at radius 1 is 1.29 bits per heavy atom. The number of ether oxygens (including phenoxy) is 3. The van der Waals surface area contributed by atoms with E-state index in [2.05, 4.69) is 0 Å². The van der Waals surface area contributed by atoms with Gasteiger partial charge in [-0.1, -0.05) is 6.07 Å². The van der Waals surface area contributed by atoms with E-state index in [1.54, 1.807) is 25.2 Å². The Hall–Kier alpha value is -2.28. The van der Waals surface area contributed by atoms with Crippen LogP contribution in [0.25, 0.3) is 0 Å². The molecule has 1 aliphatic heterocycles. The predicted octanol–water partition coefficient (Wildman–Crippen LogP) is 1.34. The van der Waals surface area contributed by atoms with E-state index >= 15 is 0 Å². The van der Waals surface area contributed by atoms with Crippen LogP contribution >= 0.6 is 0 Å². The maximum Gasteiger partial charge on any atom is 0.305 e. The number of carboxylic acid groups (broad SMARTS) is 1. The second-order valence-electron chi connectivity index (χ2n) is 5.60. The number of rotatable bonds is 7. The summed E-state index contributed by atoms with van der Waals surface area (Å²) in [7, 11) is 3.14. The van der Waals surface area contributed by atoms with Crippen LogP contribution in [0.1, 0.15) is 18.4 Å². The lowest BCUT2D eigenvalue weighted by Crippen LogP contribution is -2.49. The Morgan fingerprint density at radius 3 is 2.71 bits per heavy atom. The van der Waals surface area contributed by atoms with Gasteiger partial charge in [0.1, 0.15) is 0 Å². The van der Waals surface area contributed by atoms with Gasteiger partial charge in [0.25, 0.3) is 0 Å². The molecule has 1 aromatic carbocycles. The van der Waals surface area contributed by atoms with E-state index in [-0.39, 0.29) is 18.9 Å². The van der Waals surface area contributed by atoms with Gasteiger partial charge >= 0.3 is 5.97 Å². The van der Waals surface area contributed by atoms with E-state index in [0.29, 0.717) is 37.5 Å².